The summed E-state index contributed by atoms with van der Waals surface area (Å²) in [6.45, 7) is 2.19. The number of fused-ring (bicyclic) bond motifs is 1. The van der Waals surface area contributed by atoms with Crippen molar-refractivity contribution in [1.29, 1.82) is 0 Å². The molecule has 90 valence electrons. The summed E-state index contributed by atoms with van der Waals surface area (Å²) in [6, 6.07) is 9.09. The summed E-state index contributed by atoms with van der Waals surface area (Å²) in [5.41, 5.74) is 1.35. The number of hydrogen-bond donors (Lipinski definition) is 0. The summed E-state index contributed by atoms with van der Waals surface area (Å²) in [5.74, 6) is 0.729. The molecule has 0 amide bonds. The van der Waals surface area contributed by atoms with Gasteiger partial charge in [0.05, 0.1) is 23.8 Å². The predicted octanol–water partition coefficient (Wildman–Crippen LogP) is 1.74. The molecule has 18 heavy (non-hydrogen) atoms. The normalized spacial score (nSPS) is 10.9. The van der Waals surface area contributed by atoms with Gasteiger partial charge in [-0.3, -0.25) is 9.36 Å². The van der Waals surface area contributed by atoms with Crippen LogP contribution in [0.5, 0.6) is 0 Å². The zero-order valence-electron chi connectivity index (χ0n) is 9.83. The van der Waals surface area contributed by atoms with Crippen LogP contribution in [0.4, 0.5) is 0 Å². The van der Waals surface area contributed by atoms with E-state index in [1.807, 2.05) is 31.2 Å². The van der Waals surface area contributed by atoms with Crippen LogP contribution in [0.1, 0.15) is 11.5 Å². The number of hydrogen-bond acceptors (Lipinski definition) is 4. The van der Waals surface area contributed by atoms with Gasteiger partial charge < -0.3 is 4.52 Å². The van der Waals surface area contributed by atoms with Crippen LogP contribution in [0.25, 0.3) is 10.9 Å². The molecule has 0 saturated heterocycles. The first-order chi connectivity index (χ1) is 8.74. The van der Waals surface area contributed by atoms with Gasteiger partial charge in [0.25, 0.3) is 5.56 Å². The summed E-state index contributed by atoms with van der Waals surface area (Å²) in [7, 11) is 0. The Kier molecular flexibility index (Phi) is 2.44. The van der Waals surface area contributed by atoms with Crippen LogP contribution in [0.3, 0.4) is 0 Å². The van der Waals surface area contributed by atoms with Gasteiger partial charge in [0.2, 0.25) is 0 Å². The van der Waals surface area contributed by atoms with Crippen molar-refractivity contribution in [1.82, 2.24) is 14.7 Å². The second-order valence-corrected chi connectivity index (χ2v) is 4.12. The Bertz CT molecular complexity index is 758. The third kappa shape index (κ3) is 1.79. The van der Waals surface area contributed by atoms with Gasteiger partial charge in [-0.05, 0) is 19.1 Å². The van der Waals surface area contributed by atoms with E-state index in [9.17, 15) is 4.79 Å². The lowest BCUT2D eigenvalue weighted by molar-refractivity contribution is 0.388. The highest BCUT2D eigenvalue weighted by atomic mass is 16.5. The molecule has 0 fully saturated rings. The Labute approximate surface area is 103 Å². The molecule has 2 heterocycles. The highest BCUT2D eigenvalue weighted by molar-refractivity contribution is 5.76. The molecule has 0 aliphatic carbocycles. The lowest BCUT2D eigenvalue weighted by Crippen LogP contribution is -2.21. The minimum atomic E-state index is -0.0683. The van der Waals surface area contributed by atoms with E-state index in [-0.39, 0.29) is 5.56 Å². The number of aromatic nitrogens is 3. The van der Waals surface area contributed by atoms with Gasteiger partial charge in [0.15, 0.2) is 0 Å². The van der Waals surface area contributed by atoms with Crippen LogP contribution in [0, 0.1) is 6.92 Å². The molecule has 0 spiro atoms. The number of rotatable bonds is 2. The fourth-order valence-electron chi connectivity index (χ4n) is 1.89. The Morgan fingerprint density at radius 3 is 2.94 bits per heavy atom. The van der Waals surface area contributed by atoms with Crippen LogP contribution >= 0.6 is 0 Å². The van der Waals surface area contributed by atoms with E-state index >= 15 is 0 Å². The maximum Gasteiger partial charge on any atom is 0.261 e. The molecule has 0 bridgehead atoms. The van der Waals surface area contributed by atoms with Crippen molar-refractivity contribution in [2.45, 2.75) is 13.5 Å². The van der Waals surface area contributed by atoms with E-state index in [4.69, 9.17) is 4.52 Å². The molecular weight excluding hydrogens is 230 g/mol. The largest absolute Gasteiger partial charge is 0.361 e. The zero-order valence-corrected chi connectivity index (χ0v) is 9.83. The number of para-hydroxylation sites is 1. The first-order valence-electron chi connectivity index (χ1n) is 5.60. The Morgan fingerprint density at radius 1 is 1.33 bits per heavy atom. The molecule has 2 aromatic heterocycles. The molecule has 0 aliphatic rings. The average Bonchev–Trinajstić information content (AvgIpc) is 2.79. The Hall–Kier alpha value is -2.43. The maximum atomic E-state index is 12.2. The van der Waals surface area contributed by atoms with Gasteiger partial charge in [-0.15, -0.1) is 0 Å². The first-order valence-corrected chi connectivity index (χ1v) is 5.60. The van der Waals surface area contributed by atoms with E-state index in [1.54, 1.807) is 6.07 Å². The third-order valence-electron chi connectivity index (χ3n) is 2.74. The first kappa shape index (κ1) is 10.7. The summed E-state index contributed by atoms with van der Waals surface area (Å²) >= 11 is 0. The lowest BCUT2D eigenvalue weighted by Gasteiger charge is -2.03. The Balaban J connectivity index is 2.08. The van der Waals surface area contributed by atoms with Crippen LogP contribution in [0.15, 0.2) is 46.0 Å². The van der Waals surface area contributed by atoms with Crippen LogP contribution in [0.2, 0.25) is 0 Å². The molecule has 0 unspecified atom stereocenters. The van der Waals surface area contributed by atoms with Gasteiger partial charge >= 0.3 is 0 Å². The van der Waals surface area contributed by atoms with Crippen molar-refractivity contribution < 1.29 is 4.52 Å². The highest BCUT2D eigenvalue weighted by Crippen LogP contribution is 2.06. The van der Waals surface area contributed by atoms with E-state index < -0.39 is 0 Å². The number of benzene rings is 1. The van der Waals surface area contributed by atoms with Crippen molar-refractivity contribution in [2.24, 2.45) is 0 Å². The van der Waals surface area contributed by atoms with Crippen molar-refractivity contribution in [2.75, 3.05) is 0 Å². The average molecular weight is 241 g/mol. The van der Waals surface area contributed by atoms with Gasteiger partial charge in [-0.25, -0.2) is 4.98 Å². The molecule has 0 saturated carbocycles. The van der Waals surface area contributed by atoms with Gasteiger partial charge in [-0.2, -0.15) is 0 Å². The molecule has 0 aliphatic heterocycles. The highest BCUT2D eigenvalue weighted by Gasteiger charge is 2.06. The lowest BCUT2D eigenvalue weighted by atomic mass is 10.2. The molecular formula is C13H11N3O2. The van der Waals surface area contributed by atoms with E-state index in [0.717, 1.165) is 5.76 Å². The summed E-state index contributed by atoms with van der Waals surface area (Å²) in [4.78, 5) is 16.5. The predicted molar refractivity (Wildman–Crippen MR) is 66.3 cm³/mol. The molecule has 5 heteroatoms. The molecule has 1 aromatic carbocycles. The minimum Gasteiger partial charge on any atom is -0.361 e. The molecule has 0 atom stereocenters. The SMILES string of the molecule is Cc1cc(Cn2cnc3ccccc3c2=O)no1. The molecule has 0 radical (unpaired) electrons. The van der Waals surface area contributed by atoms with Crippen molar-refractivity contribution in [3.63, 3.8) is 0 Å². The summed E-state index contributed by atoms with van der Waals surface area (Å²) in [5, 5.41) is 4.48. The number of nitrogens with zero attached hydrogens (tertiary/aromatic N) is 3. The van der Waals surface area contributed by atoms with Crippen molar-refractivity contribution in [3.05, 3.63) is 58.5 Å². The molecule has 3 aromatic rings. The second kappa shape index (κ2) is 4.10. The quantitative estimate of drug-likeness (QED) is 0.685. The van der Waals surface area contributed by atoms with E-state index in [0.29, 0.717) is 23.1 Å². The molecule has 5 nitrogen and oxygen atoms in total. The second-order valence-electron chi connectivity index (χ2n) is 4.12. The molecule has 0 N–H and O–H groups in total. The fraction of sp³-hybridized carbons (Fsp3) is 0.154. The van der Waals surface area contributed by atoms with E-state index in [1.165, 1.54) is 10.9 Å². The molecule has 3 rings (SSSR count). The van der Waals surface area contributed by atoms with Crippen molar-refractivity contribution >= 4 is 10.9 Å². The smallest absolute Gasteiger partial charge is 0.261 e. The van der Waals surface area contributed by atoms with Gasteiger partial charge in [0.1, 0.15) is 11.5 Å². The van der Waals surface area contributed by atoms with Crippen LogP contribution in [-0.2, 0) is 6.54 Å². The standard InChI is InChI=1S/C13H11N3O2/c1-9-6-10(15-18-9)7-16-8-14-12-5-3-2-4-11(12)13(16)17/h2-6,8H,7H2,1H3. The van der Waals surface area contributed by atoms with Crippen molar-refractivity contribution in [3.8, 4) is 0 Å². The fourth-order valence-corrected chi connectivity index (χ4v) is 1.89. The summed E-state index contributed by atoms with van der Waals surface area (Å²) < 4.78 is 6.51. The number of aryl methyl sites for hydroxylation is 1. The summed E-state index contributed by atoms with van der Waals surface area (Å²) in [6.07, 6.45) is 1.54. The Morgan fingerprint density at radius 2 is 2.17 bits per heavy atom. The maximum absolute atomic E-state index is 12.2. The third-order valence-corrected chi connectivity index (χ3v) is 2.74. The minimum absolute atomic E-state index is 0.0683. The van der Waals surface area contributed by atoms with Gasteiger partial charge in [-0.1, -0.05) is 17.3 Å². The van der Waals surface area contributed by atoms with Gasteiger partial charge in [0, 0.05) is 6.07 Å². The van der Waals surface area contributed by atoms with E-state index in [2.05, 4.69) is 10.1 Å². The van der Waals surface area contributed by atoms with Crippen LogP contribution < -0.4 is 5.56 Å². The monoisotopic (exact) mass is 241 g/mol. The zero-order chi connectivity index (χ0) is 12.5. The topological polar surface area (TPSA) is 60.9 Å². The van der Waals surface area contributed by atoms with Crippen LogP contribution in [-0.4, -0.2) is 14.7 Å².